The third kappa shape index (κ3) is 43.8. The third-order valence-electron chi connectivity index (χ3n) is 12.8. The fraction of sp³-hybridized carbons (Fsp3) is 0.875. The quantitative estimate of drug-likeness (QED) is 0.0309. The molecule has 0 aliphatic carbocycles. The zero-order valence-corrected chi connectivity index (χ0v) is 41.4. The molecular weight excluding hydrogens is 767 g/mol. The van der Waals surface area contributed by atoms with Crippen LogP contribution in [0.25, 0.3) is 0 Å². The van der Waals surface area contributed by atoms with E-state index >= 15 is 0 Å². The lowest BCUT2D eigenvalue weighted by atomic mass is 10.00. The molecule has 0 bridgehead atoms. The van der Waals surface area contributed by atoms with Gasteiger partial charge in [-0.15, -0.1) is 0 Å². The molecule has 0 fully saturated rings. The molecule has 6 nitrogen and oxygen atoms in total. The van der Waals surface area contributed by atoms with Crippen molar-refractivity contribution in [1.29, 1.82) is 0 Å². The lowest BCUT2D eigenvalue weighted by Gasteiger charge is -2.27. The van der Waals surface area contributed by atoms with E-state index < -0.39 is 36.9 Å². The van der Waals surface area contributed by atoms with Gasteiger partial charge in [-0.05, 0) is 64.2 Å². The van der Waals surface area contributed by atoms with Crippen molar-refractivity contribution in [3.63, 3.8) is 0 Å². The van der Waals surface area contributed by atoms with Crippen LogP contribution >= 0.6 is 0 Å². The summed E-state index contributed by atoms with van der Waals surface area (Å²) < 4.78 is 0. The van der Waals surface area contributed by atoms with Crippen LogP contribution in [0.15, 0.2) is 36.5 Å². The molecule has 0 aromatic rings. The van der Waals surface area contributed by atoms with Crippen LogP contribution in [0.4, 0.5) is 0 Å². The van der Waals surface area contributed by atoms with Crippen LogP contribution < -0.4 is 5.32 Å². The van der Waals surface area contributed by atoms with Gasteiger partial charge in [0, 0.05) is 0 Å². The van der Waals surface area contributed by atoms with E-state index in [0.717, 1.165) is 51.4 Å². The minimum atomic E-state index is -1.28. The SMILES string of the molecule is CC/C=C\C/C=C\CCCCCCCCCCCCCCCC(O)C(=O)NC(CO)C(O)C(O)CCC/C=C/CCCCCCCCCCCCCCCCCCCCCCC. The zero-order valence-electron chi connectivity index (χ0n) is 41.4. The van der Waals surface area contributed by atoms with Crippen molar-refractivity contribution in [1.82, 2.24) is 5.32 Å². The molecule has 0 spiro atoms. The molecule has 6 heteroatoms. The smallest absolute Gasteiger partial charge is 0.249 e. The molecule has 4 unspecified atom stereocenters. The van der Waals surface area contributed by atoms with Crippen LogP contribution in [0.3, 0.4) is 0 Å². The summed E-state index contributed by atoms with van der Waals surface area (Å²) in [7, 11) is 0. The predicted octanol–water partition coefficient (Wildman–Crippen LogP) is 15.6. The first-order valence-electron chi connectivity index (χ1n) is 27.4. The Morgan fingerprint density at radius 3 is 1.15 bits per heavy atom. The number of unbranched alkanes of at least 4 members (excludes halogenated alkanes) is 35. The number of aliphatic hydroxyl groups excluding tert-OH is 4. The largest absolute Gasteiger partial charge is 0.394 e. The number of hydrogen-bond donors (Lipinski definition) is 5. The van der Waals surface area contributed by atoms with Gasteiger partial charge < -0.3 is 25.7 Å². The number of aliphatic hydroxyl groups is 4. The maximum absolute atomic E-state index is 12.6. The maximum Gasteiger partial charge on any atom is 0.249 e. The van der Waals surface area contributed by atoms with E-state index in [-0.39, 0.29) is 0 Å². The molecule has 0 aromatic carbocycles. The first-order valence-corrected chi connectivity index (χ1v) is 27.4. The van der Waals surface area contributed by atoms with Crippen molar-refractivity contribution in [2.45, 2.75) is 308 Å². The molecule has 0 saturated carbocycles. The Bertz CT molecular complexity index is 981. The van der Waals surface area contributed by atoms with Crippen molar-refractivity contribution in [3.05, 3.63) is 36.5 Å². The molecule has 0 aliphatic rings. The summed E-state index contributed by atoms with van der Waals surface area (Å²) in [5, 5.41) is 43.9. The molecule has 1 amide bonds. The van der Waals surface area contributed by atoms with Gasteiger partial charge in [-0.2, -0.15) is 0 Å². The first kappa shape index (κ1) is 60.5. The Labute approximate surface area is 386 Å². The topological polar surface area (TPSA) is 110 Å². The molecule has 0 radical (unpaired) electrons. The third-order valence-corrected chi connectivity index (χ3v) is 12.8. The second-order valence-corrected chi connectivity index (χ2v) is 18.9. The molecule has 0 saturated heterocycles. The highest BCUT2D eigenvalue weighted by Gasteiger charge is 2.28. The predicted molar refractivity (Wildman–Crippen MR) is 270 cm³/mol. The molecule has 0 aliphatic heterocycles. The summed E-state index contributed by atoms with van der Waals surface area (Å²) >= 11 is 0. The van der Waals surface area contributed by atoms with Crippen LogP contribution in [0.1, 0.15) is 284 Å². The van der Waals surface area contributed by atoms with Crippen molar-refractivity contribution in [3.8, 4) is 0 Å². The maximum atomic E-state index is 12.6. The Hall–Kier alpha value is -1.47. The van der Waals surface area contributed by atoms with Crippen molar-refractivity contribution in [2.75, 3.05) is 6.61 Å². The lowest BCUT2D eigenvalue weighted by molar-refractivity contribution is -0.132. The van der Waals surface area contributed by atoms with Crippen LogP contribution in [-0.4, -0.2) is 57.3 Å². The van der Waals surface area contributed by atoms with Crippen molar-refractivity contribution >= 4 is 5.91 Å². The van der Waals surface area contributed by atoms with Gasteiger partial charge in [0.05, 0.1) is 18.8 Å². The second kappa shape index (κ2) is 50.5. The van der Waals surface area contributed by atoms with Gasteiger partial charge in [-0.3, -0.25) is 4.79 Å². The molecule has 366 valence electrons. The first-order chi connectivity index (χ1) is 30.5. The van der Waals surface area contributed by atoms with Gasteiger partial charge >= 0.3 is 0 Å². The minimum Gasteiger partial charge on any atom is -0.394 e. The van der Waals surface area contributed by atoms with E-state index in [2.05, 4.69) is 55.6 Å². The summed E-state index contributed by atoms with van der Waals surface area (Å²) in [6, 6.07) is -1.00. The lowest BCUT2D eigenvalue weighted by Crippen LogP contribution is -2.53. The number of nitrogens with one attached hydrogen (secondary N) is 1. The van der Waals surface area contributed by atoms with Crippen LogP contribution in [0, 0.1) is 0 Å². The fourth-order valence-corrected chi connectivity index (χ4v) is 8.56. The summed E-state index contributed by atoms with van der Waals surface area (Å²) in [5.74, 6) is -0.592. The summed E-state index contributed by atoms with van der Waals surface area (Å²) in [6.07, 6.45) is 62.1. The van der Waals surface area contributed by atoms with Crippen LogP contribution in [0.5, 0.6) is 0 Å². The Morgan fingerprint density at radius 1 is 0.419 bits per heavy atom. The molecule has 4 atom stereocenters. The van der Waals surface area contributed by atoms with Crippen molar-refractivity contribution in [2.24, 2.45) is 0 Å². The number of carbonyl (C=O) groups excluding carboxylic acids is 1. The van der Waals surface area contributed by atoms with E-state index in [1.165, 1.54) is 205 Å². The van der Waals surface area contributed by atoms with Crippen LogP contribution in [0.2, 0.25) is 0 Å². The molecule has 62 heavy (non-hydrogen) atoms. The minimum absolute atomic E-state index is 0.362. The van der Waals surface area contributed by atoms with Gasteiger partial charge in [-0.1, -0.05) is 256 Å². The average molecular weight is 874 g/mol. The monoisotopic (exact) mass is 874 g/mol. The normalized spacial score (nSPS) is 14.1. The van der Waals surface area contributed by atoms with Gasteiger partial charge in [-0.25, -0.2) is 0 Å². The highest BCUT2D eigenvalue weighted by Crippen LogP contribution is 2.17. The zero-order chi connectivity index (χ0) is 45.2. The molecular formula is C56H107NO5. The van der Waals surface area contributed by atoms with Crippen molar-refractivity contribution < 1.29 is 25.2 Å². The van der Waals surface area contributed by atoms with Gasteiger partial charge in [0.2, 0.25) is 5.91 Å². The molecule has 0 aromatic heterocycles. The highest BCUT2D eigenvalue weighted by molar-refractivity contribution is 5.80. The fourth-order valence-electron chi connectivity index (χ4n) is 8.56. The van der Waals surface area contributed by atoms with E-state index in [1.54, 1.807) is 0 Å². The molecule has 5 N–H and O–H groups in total. The van der Waals surface area contributed by atoms with Gasteiger partial charge in [0.1, 0.15) is 12.2 Å². The standard InChI is InChI=1S/C56H107NO5/c1-3-5-7-9-11-13-15-17-19-21-23-25-26-27-28-29-30-32-33-35-37-39-41-43-45-47-49-53(59)55(61)52(51-58)57-56(62)54(60)50-48-46-44-42-40-38-36-34-31-24-22-20-18-16-14-12-10-8-6-4-2/h6,8,12,14,41,43,52-55,58-61H,3-5,7,9-11,13,15-40,42,44-51H2,1-2H3,(H,57,62)/b8-6-,14-12-,43-41+. The van der Waals surface area contributed by atoms with E-state index in [9.17, 15) is 25.2 Å². The Kier molecular flexibility index (Phi) is 49.3. The number of carbonyl (C=O) groups is 1. The highest BCUT2D eigenvalue weighted by atomic mass is 16.3. The summed E-state index contributed by atoms with van der Waals surface area (Å²) in [4.78, 5) is 12.6. The van der Waals surface area contributed by atoms with E-state index in [0.29, 0.717) is 12.8 Å². The molecule has 0 rings (SSSR count). The van der Waals surface area contributed by atoms with Gasteiger partial charge in [0.25, 0.3) is 0 Å². The summed E-state index contributed by atoms with van der Waals surface area (Å²) in [6.45, 7) is 3.97. The van der Waals surface area contributed by atoms with E-state index in [1.807, 2.05) is 0 Å². The Balaban J connectivity index is 3.65. The second-order valence-electron chi connectivity index (χ2n) is 18.9. The Morgan fingerprint density at radius 2 is 0.758 bits per heavy atom. The summed E-state index contributed by atoms with van der Waals surface area (Å²) in [5.41, 5.74) is 0. The van der Waals surface area contributed by atoms with Crippen LogP contribution in [-0.2, 0) is 4.79 Å². The number of rotatable bonds is 50. The number of allylic oxidation sites excluding steroid dienone is 6. The number of hydrogen-bond acceptors (Lipinski definition) is 5. The number of amides is 1. The molecule has 0 heterocycles. The van der Waals surface area contributed by atoms with Gasteiger partial charge in [0.15, 0.2) is 0 Å². The van der Waals surface area contributed by atoms with E-state index in [4.69, 9.17) is 0 Å². The average Bonchev–Trinajstić information content (AvgIpc) is 3.28.